The van der Waals surface area contributed by atoms with E-state index < -0.39 is 0 Å². The SMILES string of the molecule is Cc1c(-c2cccc3c2CCCN3C)c(C)n2c(=O)n(-c3ncccn3)ncc12. The number of aryl methyl sites for hydroxylation is 2. The molecule has 1 aromatic carbocycles. The van der Waals surface area contributed by atoms with Crippen LogP contribution >= 0.6 is 0 Å². The predicted octanol–water partition coefficient (Wildman–Crippen LogP) is 2.94. The van der Waals surface area contributed by atoms with Gasteiger partial charge in [-0.2, -0.15) is 5.10 Å². The molecule has 0 atom stereocenters. The molecular formula is C22H22N6O. The maximum Gasteiger partial charge on any atom is 0.356 e. The standard InChI is InChI=1S/C22H22N6O/c1-14-19-13-25-28(21-23-10-6-11-24-21)22(29)27(19)15(2)20(14)17-7-4-9-18-16(17)8-5-12-26(18)3/h4,6-7,9-11,13H,5,8,12H2,1-3H3. The molecule has 29 heavy (non-hydrogen) atoms. The van der Waals surface area contributed by atoms with E-state index in [9.17, 15) is 4.79 Å². The Balaban J connectivity index is 1.79. The van der Waals surface area contributed by atoms with Crippen LogP contribution in [0.5, 0.6) is 0 Å². The summed E-state index contributed by atoms with van der Waals surface area (Å²) in [7, 11) is 2.14. The number of hydrogen-bond acceptors (Lipinski definition) is 5. The van der Waals surface area contributed by atoms with Crippen molar-refractivity contribution in [2.45, 2.75) is 26.7 Å². The molecule has 3 aromatic heterocycles. The number of nitrogens with zero attached hydrogens (tertiary/aromatic N) is 6. The molecule has 0 amide bonds. The van der Waals surface area contributed by atoms with Crippen LogP contribution < -0.4 is 10.6 Å². The molecule has 4 heterocycles. The average molecular weight is 386 g/mol. The van der Waals surface area contributed by atoms with Crippen LogP contribution in [0.4, 0.5) is 5.69 Å². The van der Waals surface area contributed by atoms with E-state index in [1.165, 1.54) is 21.5 Å². The highest BCUT2D eigenvalue weighted by Gasteiger charge is 2.23. The zero-order valence-electron chi connectivity index (χ0n) is 16.8. The van der Waals surface area contributed by atoms with Crippen LogP contribution in [0.3, 0.4) is 0 Å². The average Bonchev–Trinajstić information content (AvgIpc) is 3.00. The molecule has 0 bridgehead atoms. The minimum atomic E-state index is -0.262. The van der Waals surface area contributed by atoms with Crippen LogP contribution in [0.1, 0.15) is 23.2 Å². The van der Waals surface area contributed by atoms with E-state index in [-0.39, 0.29) is 11.6 Å². The van der Waals surface area contributed by atoms with Crippen LogP contribution in [-0.2, 0) is 6.42 Å². The Kier molecular flexibility index (Phi) is 3.97. The van der Waals surface area contributed by atoms with E-state index in [1.807, 2.05) is 6.92 Å². The van der Waals surface area contributed by atoms with Crippen LogP contribution in [0.15, 0.2) is 47.7 Å². The second-order valence-electron chi connectivity index (χ2n) is 7.52. The van der Waals surface area contributed by atoms with Crippen molar-refractivity contribution in [3.8, 4) is 17.1 Å². The number of rotatable bonds is 2. The third-order valence-electron chi connectivity index (χ3n) is 5.86. The molecule has 0 aliphatic carbocycles. The van der Waals surface area contributed by atoms with Gasteiger partial charge in [-0.25, -0.2) is 14.8 Å². The molecule has 7 nitrogen and oxygen atoms in total. The lowest BCUT2D eigenvalue weighted by Crippen LogP contribution is -2.29. The van der Waals surface area contributed by atoms with Crippen molar-refractivity contribution >= 4 is 11.2 Å². The van der Waals surface area contributed by atoms with Gasteiger partial charge in [0.1, 0.15) is 0 Å². The summed E-state index contributed by atoms with van der Waals surface area (Å²) >= 11 is 0. The van der Waals surface area contributed by atoms with Crippen molar-refractivity contribution in [1.82, 2.24) is 24.1 Å². The van der Waals surface area contributed by atoms with Gasteiger partial charge in [-0.05, 0) is 55.5 Å². The fourth-order valence-electron chi connectivity index (χ4n) is 4.49. The molecule has 0 unspecified atom stereocenters. The normalized spacial score (nSPS) is 13.7. The van der Waals surface area contributed by atoms with Crippen molar-refractivity contribution in [3.63, 3.8) is 0 Å². The summed E-state index contributed by atoms with van der Waals surface area (Å²) in [5.41, 5.74) is 7.47. The molecule has 0 fully saturated rings. The Morgan fingerprint density at radius 3 is 2.66 bits per heavy atom. The Hall–Kier alpha value is -3.48. The van der Waals surface area contributed by atoms with Crippen molar-refractivity contribution in [2.75, 3.05) is 18.5 Å². The van der Waals surface area contributed by atoms with Gasteiger partial charge in [0.05, 0.1) is 11.7 Å². The van der Waals surface area contributed by atoms with Gasteiger partial charge in [-0.1, -0.05) is 12.1 Å². The van der Waals surface area contributed by atoms with E-state index in [0.717, 1.165) is 41.7 Å². The number of fused-ring (bicyclic) bond motifs is 2. The number of anilines is 1. The van der Waals surface area contributed by atoms with Crippen LogP contribution in [-0.4, -0.2) is 37.7 Å². The summed E-state index contributed by atoms with van der Waals surface area (Å²) in [4.78, 5) is 23.9. The van der Waals surface area contributed by atoms with Crippen molar-refractivity contribution < 1.29 is 0 Å². The molecule has 1 aliphatic rings. The molecule has 4 aromatic rings. The fourth-order valence-corrected chi connectivity index (χ4v) is 4.49. The van der Waals surface area contributed by atoms with Gasteiger partial charge >= 0.3 is 5.69 Å². The minimum absolute atomic E-state index is 0.262. The Morgan fingerprint density at radius 1 is 1.07 bits per heavy atom. The Morgan fingerprint density at radius 2 is 1.86 bits per heavy atom. The second-order valence-corrected chi connectivity index (χ2v) is 7.52. The third-order valence-corrected chi connectivity index (χ3v) is 5.86. The summed E-state index contributed by atoms with van der Waals surface area (Å²) < 4.78 is 2.97. The first-order valence-electron chi connectivity index (χ1n) is 9.78. The Labute approximate surface area is 168 Å². The van der Waals surface area contributed by atoms with Crippen molar-refractivity contribution in [1.29, 1.82) is 0 Å². The minimum Gasteiger partial charge on any atom is -0.374 e. The molecule has 0 spiro atoms. The zero-order chi connectivity index (χ0) is 20.1. The van der Waals surface area contributed by atoms with Gasteiger partial charge in [0.25, 0.3) is 5.95 Å². The maximum atomic E-state index is 13.3. The monoisotopic (exact) mass is 386 g/mol. The molecule has 0 radical (unpaired) electrons. The number of benzene rings is 1. The molecule has 0 saturated carbocycles. The summed E-state index contributed by atoms with van der Waals surface area (Å²) in [6.07, 6.45) is 7.11. The zero-order valence-corrected chi connectivity index (χ0v) is 16.8. The van der Waals surface area contributed by atoms with E-state index >= 15 is 0 Å². The fraction of sp³-hybridized carbons (Fsp3) is 0.273. The molecule has 146 valence electrons. The summed E-state index contributed by atoms with van der Waals surface area (Å²) in [5.74, 6) is 0.269. The van der Waals surface area contributed by atoms with Crippen LogP contribution in [0.25, 0.3) is 22.6 Å². The van der Waals surface area contributed by atoms with Crippen LogP contribution in [0, 0.1) is 13.8 Å². The summed E-state index contributed by atoms with van der Waals surface area (Å²) in [5, 5.41) is 4.34. The van der Waals surface area contributed by atoms with Gasteiger partial charge in [0, 0.05) is 42.9 Å². The number of aromatic nitrogens is 5. The highest BCUT2D eigenvalue weighted by molar-refractivity contribution is 5.84. The van der Waals surface area contributed by atoms with E-state index in [0.29, 0.717) is 0 Å². The highest BCUT2D eigenvalue weighted by Crippen LogP contribution is 2.39. The van der Waals surface area contributed by atoms with E-state index in [4.69, 9.17) is 0 Å². The Bertz CT molecular complexity index is 1290. The molecule has 1 aliphatic heterocycles. The third kappa shape index (κ3) is 2.57. The summed E-state index contributed by atoms with van der Waals surface area (Å²) in [6.45, 7) is 5.13. The lowest BCUT2D eigenvalue weighted by Gasteiger charge is -2.29. The van der Waals surface area contributed by atoms with Gasteiger partial charge < -0.3 is 4.90 Å². The quantitative estimate of drug-likeness (QED) is 0.530. The van der Waals surface area contributed by atoms with Gasteiger partial charge in [0.2, 0.25) is 0 Å². The van der Waals surface area contributed by atoms with E-state index in [1.54, 1.807) is 29.1 Å². The predicted molar refractivity (Wildman–Crippen MR) is 113 cm³/mol. The molecule has 5 rings (SSSR count). The van der Waals surface area contributed by atoms with Crippen LogP contribution in [0.2, 0.25) is 0 Å². The lowest BCUT2D eigenvalue weighted by atomic mass is 9.91. The van der Waals surface area contributed by atoms with Gasteiger partial charge in [-0.15, -0.1) is 4.68 Å². The van der Waals surface area contributed by atoms with Gasteiger partial charge in [0.15, 0.2) is 0 Å². The van der Waals surface area contributed by atoms with E-state index in [2.05, 4.69) is 52.1 Å². The van der Waals surface area contributed by atoms with Crippen molar-refractivity contribution in [2.24, 2.45) is 0 Å². The number of hydrogen-bond donors (Lipinski definition) is 0. The first kappa shape index (κ1) is 17.6. The first-order chi connectivity index (χ1) is 14.1. The van der Waals surface area contributed by atoms with Crippen molar-refractivity contribution in [3.05, 3.63) is 70.2 Å². The summed E-state index contributed by atoms with van der Waals surface area (Å²) in [6, 6.07) is 8.16. The van der Waals surface area contributed by atoms with Gasteiger partial charge in [-0.3, -0.25) is 4.40 Å². The smallest absolute Gasteiger partial charge is 0.356 e. The molecular weight excluding hydrogens is 364 g/mol. The maximum absolute atomic E-state index is 13.3. The largest absolute Gasteiger partial charge is 0.374 e. The topological polar surface area (TPSA) is 68.3 Å². The lowest BCUT2D eigenvalue weighted by molar-refractivity contribution is 0.703. The molecule has 0 saturated heterocycles. The molecule has 0 N–H and O–H groups in total. The highest BCUT2D eigenvalue weighted by atomic mass is 16.2. The first-order valence-corrected chi connectivity index (χ1v) is 9.78. The second kappa shape index (κ2) is 6.55. The molecule has 7 heteroatoms.